The molecule has 0 aliphatic rings. The number of sulfonamides is 1. The third-order valence-electron chi connectivity index (χ3n) is 3.82. The highest BCUT2D eigenvalue weighted by molar-refractivity contribution is 7.89. The Labute approximate surface area is 153 Å². The highest BCUT2D eigenvalue weighted by atomic mass is 32.2. The van der Waals surface area contributed by atoms with Crippen LogP contribution in [-0.2, 0) is 21.2 Å². The molecule has 0 atom stereocenters. The maximum absolute atomic E-state index is 12.2. The van der Waals surface area contributed by atoms with Crippen molar-refractivity contribution >= 4 is 21.6 Å². The van der Waals surface area contributed by atoms with E-state index in [2.05, 4.69) is 10.0 Å². The van der Waals surface area contributed by atoms with E-state index in [0.29, 0.717) is 23.6 Å². The van der Waals surface area contributed by atoms with E-state index in [4.69, 9.17) is 9.47 Å². The van der Waals surface area contributed by atoms with E-state index in [9.17, 15) is 13.2 Å². The number of carbonyl (C=O) groups is 1. The number of benzene rings is 2. The first-order chi connectivity index (χ1) is 12.4. The number of methoxy groups -OCH3 is 2. The van der Waals surface area contributed by atoms with Crippen LogP contribution in [0.3, 0.4) is 0 Å². The molecule has 8 heteroatoms. The fraction of sp³-hybridized carbons (Fsp3) is 0.278. The first-order valence-corrected chi connectivity index (χ1v) is 9.42. The van der Waals surface area contributed by atoms with Gasteiger partial charge < -0.3 is 14.8 Å². The number of anilines is 1. The Hall–Kier alpha value is -2.58. The molecule has 0 heterocycles. The molecule has 0 radical (unpaired) electrons. The molecule has 0 fully saturated rings. The Morgan fingerprint density at radius 1 is 1.04 bits per heavy atom. The molecule has 0 bridgehead atoms. The number of carbonyl (C=O) groups excluding carboxylic acids is 1. The van der Waals surface area contributed by atoms with Gasteiger partial charge >= 0.3 is 0 Å². The maximum atomic E-state index is 12.2. The number of aryl methyl sites for hydroxylation is 1. The van der Waals surface area contributed by atoms with Gasteiger partial charge in [-0.2, -0.15) is 0 Å². The molecule has 2 rings (SSSR count). The van der Waals surface area contributed by atoms with Crippen molar-refractivity contribution in [3.8, 4) is 11.5 Å². The van der Waals surface area contributed by atoms with Crippen LogP contribution in [0.15, 0.2) is 47.4 Å². The predicted octanol–water partition coefficient (Wildman–Crippen LogP) is 2.18. The van der Waals surface area contributed by atoms with Gasteiger partial charge in [0.1, 0.15) is 11.5 Å². The van der Waals surface area contributed by atoms with E-state index in [-0.39, 0.29) is 17.2 Å². The zero-order valence-electron chi connectivity index (χ0n) is 14.9. The Kier molecular flexibility index (Phi) is 6.59. The van der Waals surface area contributed by atoms with Crippen molar-refractivity contribution in [2.45, 2.75) is 17.7 Å². The number of hydrogen-bond acceptors (Lipinski definition) is 5. The van der Waals surface area contributed by atoms with Crippen LogP contribution in [0, 0.1) is 0 Å². The summed E-state index contributed by atoms with van der Waals surface area (Å²) in [6, 6.07) is 11.6. The number of hydrogen-bond donors (Lipinski definition) is 2. The summed E-state index contributed by atoms with van der Waals surface area (Å²) in [6.45, 7) is 0. The van der Waals surface area contributed by atoms with Gasteiger partial charge in [0.05, 0.1) is 24.8 Å². The Morgan fingerprint density at radius 2 is 1.73 bits per heavy atom. The Bertz CT molecular complexity index is 864. The van der Waals surface area contributed by atoms with Crippen molar-refractivity contribution in [1.82, 2.24) is 4.72 Å². The summed E-state index contributed by atoms with van der Waals surface area (Å²) < 4.78 is 36.0. The lowest BCUT2D eigenvalue weighted by Crippen LogP contribution is -2.18. The van der Waals surface area contributed by atoms with Crippen molar-refractivity contribution in [1.29, 1.82) is 0 Å². The standard InChI is InChI=1S/C18H22N2O5S/c1-19-26(22,23)15-8-4-13(5-9-15)6-11-18(21)20-16-12-14(24-2)7-10-17(16)25-3/h4-5,7-10,12,19H,6,11H2,1-3H3,(H,20,21). The van der Waals surface area contributed by atoms with E-state index in [1.807, 2.05) is 0 Å². The number of amides is 1. The normalized spacial score (nSPS) is 11.0. The van der Waals surface area contributed by atoms with E-state index in [0.717, 1.165) is 5.56 Å². The second kappa shape index (κ2) is 8.68. The zero-order valence-corrected chi connectivity index (χ0v) is 15.7. The van der Waals surface area contributed by atoms with E-state index in [1.54, 1.807) is 37.4 Å². The molecule has 0 saturated heterocycles. The first-order valence-electron chi connectivity index (χ1n) is 7.94. The van der Waals surface area contributed by atoms with Gasteiger partial charge in [0.25, 0.3) is 0 Å². The minimum Gasteiger partial charge on any atom is -0.497 e. The molecule has 0 saturated carbocycles. The molecule has 26 heavy (non-hydrogen) atoms. The van der Waals surface area contributed by atoms with Crippen LogP contribution in [0.1, 0.15) is 12.0 Å². The van der Waals surface area contributed by atoms with Gasteiger partial charge in [0, 0.05) is 12.5 Å². The summed E-state index contributed by atoms with van der Waals surface area (Å²) >= 11 is 0. The molecule has 0 aliphatic carbocycles. The summed E-state index contributed by atoms with van der Waals surface area (Å²) in [6.07, 6.45) is 0.733. The maximum Gasteiger partial charge on any atom is 0.240 e. The van der Waals surface area contributed by atoms with Gasteiger partial charge in [-0.15, -0.1) is 0 Å². The second-order valence-corrected chi connectivity index (χ2v) is 7.35. The summed E-state index contributed by atoms with van der Waals surface area (Å²) in [7, 11) is 0.978. The molecule has 140 valence electrons. The van der Waals surface area contributed by atoms with E-state index < -0.39 is 10.0 Å². The summed E-state index contributed by atoms with van der Waals surface area (Å²) in [5.74, 6) is 0.978. The van der Waals surface area contributed by atoms with Crippen LogP contribution in [0.4, 0.5) is 5.69 Å². The highest BCUT2D eigenvalue weighted by Crippen LogP contribution is 2.29. The van der Waals surface area contributed by atoms with Crippen molar-refractivity contribution in [3.63, 3.8) is 0 Å². The molecule has 0 unspecified atom stereocenters. The third kappa shape index (κ3) is 4.96. The van der Waals surface area contributed by atoms with E-state index in [1.165, 1.54) is 26.3 Å². The minimum atomic E-state index is -3.46. The van der Waals surface area contributed by atoms with Crippen LogP contribution in [0.5, 0.6) is 11.5 Å². The SMILES string of the molecule is CNS(=O)(=O)c1ccc(CCC(=O)Nc2cc(OC)ccc2OC)cc1. The van der Waals surface area contributed by atoms with Crippen LogP contribution in [0.2, 0.25) is 0 Å². The lowest BCUT2D eigenvalue weighted by molar-refractivity contribution is -0.116. The van der Waals surface area contributed by atoms with Gasteiger partial charge in [-0.25, -0.2) is 13.1 Å². The monoisotopic (exact) mass is 378 g/mol. The average molecular weight is 378 g/mol. The lowest BCUT2D eigenvalue weighted by Gasteiger charge is -2.12. The Balaban J connectivity index is 1.99. The van der Waals surface area contributed by atoms with Gasteiger partial charge in [0.2, 0.25) is 15.9 Å². The summed E-state index contributed by atoms with van der Waals surface area (Å²) in [5, 5.41) is 2.80. The Morgan fingerprint density at radius 3 is 2.31 bits per heavy atom. The van der Waals surface area contributed by atoms with Gasteiger partial charge in [-0.1, -0.05) is 12.1 Å². The summed E-state index contributed by atoms with van der Waals surface area (Å²) in [5.41, 5.74) is 1.40. The van der Waals surface area contributed by atoms with Gasteiger partial charge in [0.15, 0.2) is 0 Å². The van der Waals surface area contributed by atoms with Crippen LogP contribution in [0.25, 0.3) is 0 Å². The van der Waals surface area contributed by atoms with Crippen molar-refractivity contribution in [3.05, 3.63) is 48.0 Å². The largest absolute Gasteiger partial charge is 0.497 e. The van der Waals surface area contributed by atoms with Gasteiger partial charge in [-0.05, 0) is 43.3 Å². The number of rotatable bonds is 8. The number of ether oxygens (including phenoxy) is 2. The molecule has 2 aromatic rings. The average Bonchev–Trinajstić information content (AvgIpc) is 2.66. The fourth-order valence-electron chi connectivity index (χ4n) is 2.34. The van der Waals surface area contributed by atoms with Gasteiger partial charge in [-0.3, -0.25) is 4.79 Å². The molecule has 2 N–H and O–H groups in total. The highest BCUT2D eigenvalue weighted by Gasteiger charge is 2.12. The molecule has 7 nitrogen and oxygen atoms in total. The molecule has 1 amide bonds. The van der Waals surface area contributed by atoms with E-state index >= 15 is 0 Å². The smallest absolute Gasteiger partial charge is 0.240 e. The topological polar surface area (TPSA) is 93.7 Å². The van der Waals surface area contributed by atoms with Crippen molar-refractivity contribution < 1.29 is 22.7 Å². The summed E-state index contributed by atoms with van der Waals surface area (Å²) in [4.78, 5) is 12.4. The zero-order chi connectivity index (χ0) is 19.2. The van der Waals surface area contributed by atoms with Crippen LogP contribution >= 0.6 is 0 Å². The fourth-order valence-corrected chi connectivity index (χ4v) is 3.07. The molecule has 0 aliphatic heterocycles. The predicted molar refractivity (Wildman–Crippen MR) is 99.2 cm³/mol. The molecular formula is C18H22N2O5S. The lowest BCUT2D eigenvalue weighted by atomic mass is 10.1. The molecule has 2 aromatic carbocycles. The molecule has 0 aromatic heterocycles. The van der Waals surface area contributed by atoms with Crippen LogP contribution < -0.4 is 19.5 Å². The van der Waals surface area contributed by atoms with Crippen molar-refractivity contribution in [2.24, 2.45) is 0 Å². The van der Waals surface area contributed by atoms with Crippen LogP contribution in [-0.4, -0.2) is 35.6 Å². The third-order valence-corrected chi connectivity index (χ3v) is 5.25. The van der Waals surface area contributed by atoms with Crippen molar-refractivity contribution in [2.75, 3.05) is 26.6 Å². The molecule has 0 spiro atoms. The minimum absolute atomic E-state index is 0.177. The number of nitrogens with one attached hydrogen (secondary N) is 2. The quantitative estimate of drug-likeness (QED) is 0.734. The molecular weight excluding hydrogens is 356 g/mol. The first kappa shape index (κ1) is 19.7. The second-order valence-electron chi connectivity index (χ2n) is 5.47.